The summed E-state index contributed by atoms with van der Waals surface area (Å²) in [5, 5.41) is 9.62. The lowest BCUT2D eigenvalue weighted by molar-refractivity contribution is -0.157. The molecule has 0 bridgehead atoms. The number of aryl methyl sites for hydroxylation is 1. The number of carbonyl (C=O) groups is 2. The molecule has 2 fully saturated rings. The highest BCUT2D eigenvalue weighted by molar-refractivity contribution is 5.95. The molecule has 0 aliphatic carbocycles. The molecule has 2 aliphatic rings. The van der Waals surface area contributed by atoms with Crippen LogP contribution in [-0.2, 0) is 9.53 Å². The molecule has 2 heterocycles. The molecule has 1 N–H and O–H groups in total. The number of fused-ring (bicyclic) bond motifs is 1. The number of hydrogen-bond acceptors (Lipinski definition) is 3. The highest BCUT2D eigenvalue weighted by Gasteiger charge is 2.54. The first kappa shape index (κ1) is 14.1. The summed E-state index contributed by atoms with van der Waals surface area (Å²) in [6.45, 7) is 3.55. The van der Waals surface area contributed by atoms with Crippen LogP contribution >= 0.6 is 0 Å². The number of rotatable bonds is 2. The Labute approximate surface area is 123 Å². The van der Waals surface area contributed by atoms with Crippen LogP contribution in [0.5, 0.6) is 0 Å². The number of carbonyl (C=O) groups excluding carboxylic acids is 1. The predicted octanol–water partition coefficient (Wildman–Crippen LogP) is 1.56. The van der Waals surface area contributed by atoms with E-state index in [4.69, 9.17) is 4.74 Å². The third-order valence-electron chi connectivity index (χ3n) is 4.68. The standard InChI is InChI=1S/C16H19NO4/c1-11-3-2-4-12(7-11)14(18)17-8-13-9-21-6-5-16(13,10-17)15(19)20/h2-4,7,13H,5-6,8-10H2,1H3,(H,19,20)/t13-,16+/m0/s1. The van der Waals surface area contributed by atoms with E-state index in [-0.39, 0.29) is 18.4 Å². The molecular weight excluding hydrogens is 270 g/mol. The van der Waals surface area contributed by atoms with Gasteiger partial charge < -0.3 is 14.7 Å². The Kier molecular flexibility index (Phi) is 3.45. The summed E-state index contributed by atoms with van der Waals surface area (Å²) < 4.78 is 5.41. The van der Waals surface area contributed by atoms with E-state index < -0.39 is 11.4 Å². The molecule has 0 unspecified atom stereocenters. The fraction of sp³-hybridized carbons (Fsp3) is 0.500. The molecule has 0 saturated carbocycles. The van der Waals surface area contributed by atoms with Gasteiger partial charge in [-0.05, 0) is 25.5 Å². The number of nitrogens with zero attached hydrogens (tertiary/aromatic N) is 1. The van der Waals surface area contributed by atoms with E-state index in [0.29, 0.717) is 31.7 Å². The second-order valence-electron chi connectivity index (χ2n) is 6.04. The molecular formula is C16H19NO4. The minimum atomic E-state index is -0.836. The van der Waals surface area contributed by atoms with E-state index in [2.05, 4.69) is 0 Å². The van der Waals surface area contributed by atoms with E-state index in [1.54, 1.807) is 11.0 Å². The summed E-state index contributed by atoms with van der Waals surface area (Å²) in [6.07, 6.45) is 0.477. The number of likely N-dealkylation sites (tertiary alicyclic amines) is 1. The van der Waals surface area contributed by atoms with E-state index in [1.807, 2.05) is 25.1 Å². The number of benzene rings is 1. The minimum absolute atomic E-state index is 0.0891. The third-order valence-corrected chi connectivity index (χ3v) is 4.68. The van der Waals surface area contributed by atoms with Crippen molar-refractivity contribution in [1.82, 2.24) is 4.90 Å². The maximum atomic E-state index is 12.6. The zero-order valence-corrected chi connectivity index (χ0v) is 12.0. The van der Waals surface area contributed by atoms with Gasteiger partial charge in [0.2, 0.25) is 0 Å². The van der Waals surface area contributed by atoms with Gasteiger partial charge in [0.15, 0.2) is 0 Å². The molecule has 2 aliphatic heterocycles. The summed E-state index contributed by atoms with van der Waals surface area (Å²) in [4.78, 5) is 26.0. The van der Waals surface area contributed by atoms with E-state index in [9.17, 15) is 14.7 Å². The average Bonchev–Trinajstić information content (AvgIpc) is 2.87. The second-order valence-corrected chi connectivity index (χ2v) is 6.04. The largest absolute Gasteiger partial charge is 0.481 e. The molecule has 1 aromatic rings. The van der Waals surface area contributed by atoms with Gasteiger partial charge in [0, 0.05) is 31.2 Å². The quantitative estimate of drug-likeness (QED) is 0.897. The SMILES string of the molecule is Cc1cccc(C(=O)N2C[C@H]3COCC[C@@]3(C(=O)O)C2)c1. The fourth-order valence-electron chi connectivity index (χ4n) is 3.41. The molecule has 5 nitrogen and oxygen atoms in total. The van der Waals surface area contributed by atoms with Crippen molar-refractivity contribution < 1.29 is 19.4 Å². The average molecular weight is 289 g/mol. The van der Waals surface area contributed by atoms with Crippen LogP contribution < -0.4 is 0 Å². The Morgan fingerprint density at radius 2 is 2.24 bits per heavy atom. The number of aliphatic carboxylic acids is 1. The van der Waals surface area contributed by atoms with Crippen molar-refractivity contribution in [3.8, 4) is 0 Å². The second kappa shape index (κ2) is 5.15. The van der Waals surface area contributed by atoms with Crippen LogP contribution in [-0.4, -0.2) is 48.2 Å². The van der Waals surface area contributed by atoms with Crippen molar-refractivity contribution in [3.63, 3.8) is 0 Å². The van der Waals surface area contributed by atoms with Gasteiger partial charge in [-0.15, -0.1) is 0 Å². The van der Waals surface area contributed by atoms with Gasteiger partial charge in [-0.1, -0.05) is 17.7 Å². The summed E-state index contributed by atoms with van der Waals surface area (Å²) in [7, 11) is 0. The number of carboxylic acids is 1. The summed E-state index contributed by atoms with van der Waals surface area (Å²) >= 11 is 0. The molecule has 2 saturated heterocycles. The predicted molar refractivity (Wildman–Crippen MR) is 76.1 cm³/mol. The summed E-state index contributed by atoms with van der Waals surface area (Å²) in [6, 6.07) is 7.41. The Balaban J connectivity index is 1.85. The van der Waals surface area contributed by atoms with Crippen molar-refractivity contribution in [3.05, 3.63) is 35.4 Å². The van der Waals surface area contributed by atoms with Gasteiger partial charge in [0.25, 0.3) is 5.91 Å². The zero-order chi connectivity index (χ0) is 15.0. The molecule has 0 spiro atoms. The minimum Gasteiger partial charge on any atom is -0.481 e. The monoisotopic (exact) mass is 289 g/mol. The number of amides is 1. The van der Waals surface area contributed by atoms with Gasteiger partial charge in [0.1, 0.15) is 0 Å². The molecule has 0 radical (unpaired) electrons. The van der Waals surface area contributed by atoms with Gasteiger partial charge in [-0.3, -0.25) is 9.59 Å². The van der Waals surface area contributed by atoms with Crippen molar-refractivity contribution in [2.24, 2.45) is 11.3 Å². The smallest absolute Gasteiger partial charge is 0.311 e. The summed E-state index contributed by atoms with van der Waals surface area (Å²) in [5.74, 6) is -1.01. The number of carboxylic acid groups (broad SMARTS) is 1. The van der Waals surface area contributed by atoms with Crippen LogP contribution in [0.3, 0.4) is 0 Å². The Morgan fingerprint density at radius 1 is 1.43 bits per heavy atom. The van der Waals surface area contributed by atoms with Crippen molar-refractivity contribution in [2.45, 2.75) is 13.3 Å². The van der Waals surface area contributed by atoms with Crippen LogP contribution in [0.1, 0.15) is 22.3 Å². The molecule has 5 heteroatoms. The summed E-state index contributed by atoms with van der Waals surface area (Å²) in [5.41, 5.74) is 0.807. The zero-order valence-electron chi connectivity index (χ0n) is 12.0. The van der Waals surface area contributed by atoms with Gasteiger partial charge >= 0.3 is 5.97 Å². The molecule has 112 valence electrons. The highest BCUT2D eigenvalue weighted by Crippen LogP contribution is 2.42. The third kappa shape index (κ3) is 2.31. The lowest BCUT2D eigenvalue weighted by atomic mass is 9.74. The molecule has 1 amide bonds. The van der Waals surface area contributed by atoms with Crippen LogP contribution in [0, 0.1) is 18.3 Å². The van der Waals surface area contributed by atoms with Gasteiger partial charge in [-0.2, -0.15) is 0 Å². The van der Waals surface area contributed by atoms with Gasteiger partial charge in [-0.25, -0.2) is 0 Å². The number of hydrogen-bond donors (Lipinski definition) is 1. The number of ether oxygens (including phenoxy) is 1. The van der Waals surface area contributed by atoms with Gasteiger partial charge in [0.05, 0.1) is 12.0 Å². The van der Waals surface area contributed by atoms with Crippen molar-refractivity contribution in [1.29, 1.82) is 0 Å². The topological polar surface area (TPSA) is 66.8 Å². The van der Waals surface area contributed by atoms with Crippen molar-refractivity contribution in [2.75, 3.05) is 26.3 Å². The Morgan fingerprint density at radius 3 is 2.90 bits per heavy atom. The normalized spacial score (nSPS) is 28.2. The fourth-order valence-corrected chi connectivity index (χ4v) is 3.41. The molecule has 3 rings (SSSR count). The van der Waals surface area contributed by atoms with Crippen LogP contribution in [0.15, 0.2) is 24.3 Å². The first-order valence-corrected chi connectivity index (χ1v) is 7.20. The molecule has 21 heavy (non-hydrogen) atoms. The van der Waals surface area contributed by atoms with Crippen LogP contribution in [0.25, 0.3) is 0 Å². The first-order valence-electron chi connectivity index (χ1n) is 7.20. The molecule has 1 aromatic carbocycles. The maximum absolute atomic E-state index is 12.6. The van der Waals surface area contributed by atoms with Crippen LogP contribution in [0.4, 0.5) is 0 Å². The van der Waals surface area contributed by atoms with Crippen LogP contribution in [0.2, 0.25) is 0 Å². The molecule has 2 atom stereocenters. The first-order chi connectivity index (χ1) is 10.0. The van der Waals surface area contributed by atoms with E-state index in [1.165, 1.54) is 0 Å². The van der Waals surface area contributed by atoms with E-state index >= 15 is 0 Å². The highest BCUT2D eigenvalue weighted by atomic mass is 16.5. The lowest BCUT2D eigenvalue weighted by Crippen LogP contribution is -2.45. The Hall–Kier alpha value is -1.88. The lowest BCUT2D eigenvalue weighted by Gasteiger charge is -2.33. The Bertz CT molecular complexity index is 585. The van der Waals surface area contributed by atoms with E-state index in [0.717, 1.165) is 5.56 Å². The maximum Gasteiger partial charge on any atom is 0.311 e. The van der Waals surface area contributed by atoms with Crippen molar-refractivity contribution >= 4 is 11.9 Å². The molecule has 0 aromatic heterocycles.